The van der Waals surface area contributed by atoms with Crippen molar-refractivity contribution in [1.82, 2.24) is 0 Å². The first-order valence-corrected chi connectivity index (χ1v) is 10.1. The zero-order valence-corrected chi connectivity index (χ0v) is 15.8. The minimum atomic E-state index is -4.00. The standard InChI is InChI=1S/2C6H6O3S.C4H10O2/c2*7-10(8,9)6-4-2-1-3-5-6;1-3(5)4(2)6/h2*1-5H,(H,7,8,9);3-6H,1-2H3. The van der Waals surface area contributed by atoms with Gasteiger partial charge in [0, 0.05) is 0 Å². The van der Waals surface area contributed by atoms with E-state index >= 15 is 0 Å². The van der Waals surface area contributed by atoms with E-state index < -0.39 is 32.4 Å². The lowest BCUT2D eigenvalue weighted by atomic mass is 10.3. The Balaban J connectivity index is 0.000000375. The van der Waals surface area contributed by atoms with Gasteiger partial charge in [0.05, 0.1) is 22.0 Å². The molecule has 10 heteroatoms. The molecule has 2 atom stereocenters. The highest BCUT2D eigenvalue weighted by Crippen LogP contribution is 2.05. The predicted molar refractivity (Wildman–Crippen MR) is 95.9 cm³/mol. The first-order valence-electron chi connectivity index (χ1n) is 7.27. The summed E-state index contributed by atoms with van der Waals surface area (Å²) in [6.07, 6.45) is -1.19. The third-order valence-corrected chi connectivity index (χ3v) is 4.52. The summed E-state index contributed by atoms with van der Waals surface area (Å²) in [5, 5.41) is 16.8. The third-order valence-electron chi connectivity index (χ3n) is 2.78. The van der Waals surface area contributed by atoms with Crippen LogP contribution in [0.2, 0.25) is 0 Å². The Bertz CT molecular complexity index is 757. The van der Waals surface area contributed by atoms with Crippen molar-refractivity contribution >= 4 is 20.2 Å². The molecule has 0 spiro atoms. The van der Waals surface area contributed by atoms with Crippen molar-refractivity contribution in [2.24, 2.45) is 0 Å². The molecule has 0 saturated carbocycles. The van der Waals surface area contributed by atoms with E-state index in [0.717, 1.165) is 0 Å². The molecule has 0 bridgehead atoms. The fraction of sp³-hybridized carbons (Fsp3) is 0.250. The van der Waals surface area contributed by atoms with Crippen LogP contribution in [0.15, 0.2) is 70.5 Å². The van der Waals surface area contributed by atoms with Crippen LogP contribution in [0, 0.1) is 0 Å². The van der Waals surface area contributed by atoms with Crippen LogP contribution < -0.4 is 0 Å². The van der Waals surface area contributed by atoms with Gasteiger partial charge in [-0.05, 0) is 38.1 Å². The van der Waals surface area contributed by atoms with E-state index in [9.17, 15) is 16.8 Å². The molecule has 0 fully saturated rings. The van der Waals surface area contributed by atoms with Crippen LogP contribution in [0.5, 0.6) is 0 Å². The van der Waals surface area contributed by atoms with Gasteiger partial charge in [0.25, 0.3) is 20.2 Å². The van der Waals surface area contributed by atoms with Crippen LogP contribution in [-0.2, 0) is 20.2 Å². The summed E-state index contributed by atoms with van der Waals surface area (Å²) in [7, 11) is -8.01. The molecule has 146 valence electrons. The molecule has 2 aromatic rings. The van der Waals surface area contributed by atoms with Crippen LogP contribution in [0.1, 0.15) is 13.8 Å². The quantitative estimate of drug-likeness (QED) is 0.562. The molecule has 0 aromatic heterocycles. The monoisotopic (exact) mass is 406 g/mol. The summed E-state index contributed by atoms with van der Waals surface area (Å²) in [4.78, 5) is -0.148. The molecule has 2 unspecified atom stereocenters. The second-order valence-corrected chi connectivity index (χ2v) is 7.90. The Hall–Kier alpha value is -1.82. The Morgan fingerprint density at radius 3 is 0.962 bits per heavy atom. The SMILES string of the molecule is CC(O)C(C)O.O=S(=O)(O)c1ccccc1.O=S(=O)(O)c1ccccc1. The topological polar surface area (TPSA) is 149 Å². The second-order valence-electron chi connectivity index (χ2n) is 5.06. The molecule has 0 amide bonds. The van der Waals surface area contributed by atoms with E-state index in [2.05, 4.69) is 0 Å². The molecule has 0 saturated heterocycles. The zero-order chi connectivity index (χ0) is 20.4. The number of benzene rings is 2. The minimum absolute atomic E-state index is 0.0741. The van der Waals surface area contributed by atoms with Crippen molar-refractivity contribution in [1.29, 1.82) is 0 Å². The Kier molecular flexibility index (Phi) is 10.2. The van der Waals surface area contributed by atoms with Crippen molar-refractivity contribution in [2.75, 3.05) is 0 Å². The molecule has 4 N–H and O–H groups in total. The summed E-state index contributed by atoms with van der Waals surface area (Å²) in [5.74, 6) is 0. The summed E-state index contributed by atoms with van der Waals surface area (Å²) in [5.41, 5.74) is 0. The van der Waals surface area contributed by atoms with Crippen molar-refractivity contribution in [3.05, 3.63) is 60.7 Å². The maximum atomic E-state index is 10.4. The average molecular weight is 406 g/mol. The lowest BCUT2D eigenvalue weighted by Gasteiger charge is -2.03. The van der Waals surface area contributed by atoms with Gasteiger partial charge < -0.3 is 10.2 Å². The normalized spacial score (nSPS) is 13.3. The maximum Gasteiger partial charge on any atom is 0.294 e. The number of rotatable bonds is 3. The lowest BCUT2D eigenvalue weighted by Crippen LogP contribution is -2.17. The molecule has 26 heavy (non-hydrogen) atoms. The van der Waals surface area contributed by atoms with Crippen LogP contribution in [0.25, 0.3) is 0 Å². The average Bonchev–Trinajstić information content (AvgIpc) is 2.56. The first-order chi connectivity index (χ1) is 11.9. The van der Waals surface area contributed by atoms with E-state index in [-0.39, 0.29) is 9.79 Å². The summed E-state index contributed by atoms with van der Waals surface area (Å²) in [6, 6.07) is 14.8. The van der Waals surface area contributed by atoms with Gasteiger partial charge in [-0.15, -0.1) is 0 Å². The van der Waals surface area contributed by atoms with Crippen LogP contribution in [-0.4, -0.2) is 48.4 Å². The first kappa shape index (κ1) is 24.2. The Morgan fingerprint density at radius 2 is 0.846 bits per heavy atom. The number of hydrogen-bond acceptors (Lipinski definition) is 6. The molecule has 0 aliphatic carbocycles. The highest BCUT2D eigenvalue weighted by Gasteiger charge is 2.06. The Morgan fingerprint density at radius 1 is 0.615 bits per heavy atom. The zero-order valence-electron chi connectivity index (χ0n) is 14.2. The highest BCUT2D eigenvalue weighted by atomic mass is 32.2. The predicted octanol–water partition coefficient (Wildman–Crippen LogP) is 1.61. The second kappa shape index (κ2) is 11.0. The lowest BCUT2D eigenvalue weighted by molar-refractivity contribution is 0.0438. The fourth-order valence-corrected chi connectivity index (χ4v) is 2.19. The van der Waals surface area contributed by atoms with Crippen molar-refractivity contribution in [3.8, 4) is 0 Å². The molecular formula is C16H22O8S2. The van der Waals surface area contributed by atoms with Crippen molar-refractivity contribution in [3.63, 3.8) is 0 Å². The van der Waals surface area contributed by atoms with Gasteiger partial charge in [-0.2, -0.15) is 16.8 Å². The minimum Gasteiger partial charge on any atom is -0.391 e. The largest absolute Gasteiger partial charge is 0.391 e. The summed E-state index contributed by atoms with van der Waals surface area (Å²) in [6.45, 7) is 3.09. The summed E-state index contributed by atoms with van der Waals surface area (Å²) >= 11 is 0. The molecular weight excluding hydrogens is 384 g/mol. The van der Waals surface area contributed by atoms with E-state index in [1.807, 2.05) is 0 Å². The number of aliphatic hydroxyl groups is 2. The third kappa shape index (κ3) is 10.9. The van der Waals surface area contributed by atoms with Crippen LogP contribution in [0.3, 0.4) is 0 Å². The van der Waals surface area contributed by atoms with E-state index in [1.54, 1.807) is 50.2 Å². The van der Waals surface area contributed by atoms with Gasteiger partial charge in [0.1, 0.15) is 0 Å². The van der Waals surface area contributed by atoms with Crippen molar-refractivity contribution < 1.29 is 36.2 Å². The molecule has 2 aromatic carbocycles. The summed E-state index contributed by atoms with van der Waals surface area (Å²) < 4.78 is 58.5. The van der Waals surface area contributed by atoms with Gasteiger partial charge in [0.15, 0.2) is 0 Å². The van der Waals surface area contributed by atoms with Gasteiger partial charge >= 0.3 is 0 Å². The smallest absolute Gasteiger partial charge is 0.294 e. The van der Waals surface area contributed by atoms with Gasteiger partial charge in [-0.3, -0.25) is 9.11 Å². The Labute approximate surface area is 153 Å². The fourth-order valence-electron chi connectivity index (χ4n) is 1.18. The van der Waals surface area contributed by atoms with Gasteiger partial charge in [-0.25, -0.2) is 0 Å². The van der Waals surface area contributed by atoms with E-state index in [1.165, 1.54) is 24.3 Å². The number of aliphatic hydroxyl groups excluding tert-OH is 2. The van der Waals surface area contributed by atoms with Crippen molar-refractivity contribution in [2.45, 2.75) is 35.8 Å². The van der Waals surface area contributed by atoms with Crippen LogP contribution in [0.4, 0.5) is 0 Å². The van der Waals surface area contributed by atoms with E-state index in [0.29, 0.717) is 0 Å². The van der Waals surface area contributed by atoms with Crippen LogP contribution >= 0.6 is 0 Å². The van der Waals surface area contributed by atoms with Gasteiger partial charge in [-0.1, -0.05) is 36.4 Å². The highest BCUT2D eigenvalue weighted by molar-refractivity contribution is 7.86. The molecule has 8 nitrogen and oxygen atoms in total. The molecule has 0 radical (unpaired) electrons. The molecule has 0 aliphatic heterocycles. The molecule has 0 aliphatic rings. The maximum absolute atomic E-state index is 10.4. The molecule has 0 heterocycles. The van der Waals surface area contributed by atoms with E-state index in [4.69, 9.17) is 19.3 Å². The molecule has 2 rings (SSSR count). The van der Waals surface area contributed by atoms with Gasteiger partial charge in [0.2, 0.25) is 0 Å². The number of hydrogen-bond donors (Lipinski definition) is 4.